The molecule has 0 saturated heterocycles. The van der Waals surface area contributed by atoms with E-state index in [1.54, 1.807) is 12.4 Å². The Hall–Kier alpha value is -0.890. The second-order valence-electron chi connectivity index (χ2n) is 3.67. The lowest BCUT2D eigenvalue weighted by Gasteiger charge is -2.06. The first-order valence-corrected chi connectivity index (χ1v) is 7.25. The predicted molar refractivity (Wildman–Crippen MR) is 81.5 cm³/mol. The van der Waals surface area contributed by atoms with Crippen molar-refractivity contribution in [3.05, 3.63) is 50.0 Å². The molecule has 0 aliphatic carbocycles. The molecule has 0 fully saturated rings. The van der Waals surface area contributed by atoms with Gasteiger partial charge in [-0.3, -0.25) is 4.79 Å². The molecule has 0 aliphatic heterocycles. The third-order valence-electron chi connectivity index (χ3n) is 2.38. The normalized spacial score (nSPS) is 10.3. The smallest absolute Gasteiger partial charge is 0.252 e. The first-order chi connectivity index (χ1) is 8.66. The molecule has 0 spiro atoms. The summed E-state index contributed by atoms with van der Waals surface area (Å²) < 4.78 is 1.84. The van der Waals surface area contributed by atoms with Gasteiger partial charge >= 0.3 is 0 Å². The van der Waals surface area contributed by atoms with E-state index in [0.717, 1.165) is 13.9 Å². The van der Waals surface area contributed by atoms with Gasteiger partial charge in [0.05, 0.1) is 5.56 Å². The summed E-state index contributed by atoms with van der Waals surface area (Å²) in [4.78, 5) is 19.1. The van der Waals surface area contributed by atoms with E-state index in [1.165, 1.54) is 0 Å². The molecular weight excluding hydrogens is 409 g/mol. The molecule has 0 aliphatic rings. The molecule has 4 nitrogen and oxygen atoms in total. The summed E-state index contributed by atoms with van der Waals surface area (Å²) in [6.07, 6.45) is 4.17. The summed E-state index contributed by atoms with van der Waals surface area (Å²) in [6, 6.07) is 5.65. The highest BCUT2D eigenvalue weighted by molar-refractivity contribution is 14.1. The fraction of sp³-hybridized carbons (Fsp3) is 0.167. The average Bonchev–Trinajstić information content (AvgIpc) is 2.85. The van der Waals surface area contributed by atoms with Crippen molar-refractivity contribution in [3.8, 4) is 0 Å². The maximum atomic E-state index is 12.0. The largest absolute Gasteiger partial charge is 0.352 e. The van der Waals surface area contributed by atoms with Gasteiger partial charge in [-0.2, -0.15) is 0 Å². The third kappa shape index (κ3) is 3.55. The number of nitrogens with zero attached hydrogens (tertiary/aromatic N) is 1. The Morgan fingerprint density at radius 2 is 2.33 bits per heavy atom. The van der Waals surface area contributed by atoms with Crippen LogP contribution in [0, 0.1) is 3.57 Å². The molecule has 1 aromatic heterocycles. The van der Waals surface area contributed by atoms with E-state index >= 15 is 0 Å². The lowest BCUT2D eigenvalue weighted by atomic mass is 10.2. The van der Waals surface area contributed by atoms with Crippen molar-refractivity contribution in [1.82, 2.24) is 15.3 Å². The van der Waals surface area contributed by atoms with Crippen LogP contribution >= 0.6 is 38.5 Å². The number of halogens is 2. The minimum atomic E-state index is -0.0627. The van der Waals surface area contributed by atoms with Crippen molar-refractivity contribution < 1.29 is 4.79 Å². The highest BCUT2D eigenvalue weighted by Crippen LogP contribution is 2.18. The van der Waals surface area contributed by atoms with E-state index < -0.39 is 0 Å². The lowest BCUT2D eigenvalue weighted by Crippen LogP contribution is -2.26. The van der Waals surface area contributed by atoms with Crippen molar-refractivity contribution in [2.75, 3.05) is 6.54 Å². The van der Waals surface area contributed by atoms with E-state index in [9.17, 15) is 4.79 Å². The molecule has 18 heavy (non-hydrogen) atoms. The van der Waals surface area contributed by atoms with Gasteiger partial charge in [-0.15, -0.1) is 0 Å². The van der Waals surface area contributed by atoms with Crippen LogP contribution in [0.5, 0.6) is 0 Å². The molecule has 0 unspecified atom stereocenters. The molecule has 2 N–H and O–H groups in total. The summed E-state index contributed by atoms with van der Waals surface area (Å²) in [5.41, 5.74) is 0.685. The Kier molecular flexibility index (Phi) is 4.76. The van der Waals surface area contributed by atoms with Crippen LogP contribution in [0.15, 0.2) is 35.1 Å². The third-order valence-corrected chi connectivity index (χ3v) is 3.81. The Balaban J connectivity index is 1.93. The number of rotatable bonds is 4. The Morgan fingerprint density at radius 3 is 3.06 bits per heavy atom. The molecule has 1 amide bonds. The van der Waals surface area contributed by atoms with Crippen LogP contribution in [-0.2, 0) is 6.42 Å². The molecule has 2 rings (SSSR count). The molecule has 0 saturated carbocycles. The first kappa shape index (κ1) is 13.5. The van der Waals surface area contributed by atoms with Crippen LogP contribution in [-0.4, -0.2) is 22.4 Å². The van der Waals surface area contributed by atoms with Gasteiger partial charge < -0.3 is 10.3 Å². The molecule has 1 heterocycles. The number of nitrogens with one attached hydrogen (secondary N) is 2. The minimum Gasteiger partial charge on any atom is -0.352 e. The zero-order valence-corrected chi connectivity index (χ0v) is 13.2. The van der Waals surface area contributed by atoms with E-state index in [-0.39, 0.29) is 5.91 Å². The summed E-state index contributed by atoms with van der Waals surface area (Å²) in [5, 5.41) is 2.88. The van der Waals surface area contributed by atoms with Crippen LogP contribution in [0.25, 0.3) is 0 Å². The van der Waals surface area contributed by atoms with Crippen LogP contribution in [0.3, 0.4) is 0 Å². The average molecular weight is 420 g/mol. The zero-order chi connectivity index (χ0) is 13.0. The molecule has 1 aromatic carbocycles. The number of carbonyl (C=O) groups excluding carboxylic acids is 1. The highest BCUT2D eigenvalue weighted by atomic mass is 127. The van der Waals surface area contributed by atoms with Crippen LogP contribution in [0.2, 0.25) is 0 Å². The molecule has 0 radical (unpaired) electrons. The van der Waals surface area contributed by atoms with Gasteiger partial charge in [0.1, 0.15) is 5.82 Å². The standard InChI is InChI=1S/C12H11BrIN3O/c13-8-1-2-10(14)9(7-8)12(18)17-4-3-11-15-5-6-16-11/h1-2,5-7H,3-4H2,(H,15,16)(H,17,18). The van der Waals surface area contributed by atoms with Gasteiger partial charge in [-0.1, -0.05) is 15.9 Å². The number of amides is 1. The number of H-pyrrole nitrogens is 1. The number of aromatic amines is 1. The van der Waals surface area contributed by atoms with Crippen molar-refractivity contribution in [2.24, 2.45) is 0 Å². The number of hydrogen-bond donors (Lipinski definition) is 2. The summed E-state index contributed by atoms with van der Waals surface area (Å²) in [6.45, 7) is 0.564. The van der Waals surface area contributed by atoms with Crippen molar-refractivity contribution in [1.29, 1.82) is 0 Å². The van der Waals surface area contributed by atoms with E-state index in [1.807, 2.05) is 18.2 Å². The molecule has 0 bridgehead atoms. The topological polar surface area (TPSA) is 57.8 Å². The van der Waals surface area contributed by atoms with Crippen molar-refractivity contribution in [3.63, 3.8) is 0 Å². The van der Waals surface area contributed by atoms with Gasteiger partial charge in [-0.25, -0.2) is 4.98 Å². The summed E-state index contributed by atoms with van der Waals surface area (Å²) >= 11 is 5.52. The highest BCUT2D eigenvalue weighted by Gasteiger charge is 2.09. The van der Waals surface area contributed by atoms with E-state index in [0.29, 0.717) is 18.5 Å². The number of imidazole rings is 1. The first-order valence-electron chi connectivity index (χ1n) is 5.38. The fourth-order valence-corrected chi connectivity index (χ4v) is 2.44. The minimum absolute atomic E-state index is 0.0627. The van der Waals surface area contributed by atoms with Gasteiger partial charge in [0.25, 0.3) is 5.91 Å². The predicted octanol–water partition coefficient (Wildman–Crippen LogP) is 2.75. The van der Waals surface area contributed by atoms with Crippen LogP contribution in [0.1, 0.15) is 16.2 Å². The van der Waals surface area contributed by atoms with Crippen molar-refractivity contribution in [2.45, 2.75) is 6.42 Å². The maximum Gasteiger partial charge on any atom is 0.252 e. The second-order valence-corrected chi connectivity index (χ2v) is 5.74. The Labute approximate surface area is 127 Å². The van der Waals surface area contributed by atoms with Crippen LogP contribution < -0.4 is 5.32 Å². The van der Waals surface area contributed by atoms with Gasteiger partial charge in [0, 0.05) is 33.4 Å². The Bertz CT molecular complexity index is 542. The van der Waals surface area contributed by atoms with Crippen molar-refractivity contribution >= 4 is 44.4 Å². The number of hydrogen-bond acceptors (Lipinski definition) is 2. The molecule has 0 atom stereocenters. The maximum absolute atomic E-state index is 12.0. The fourth-order valence-electron chi connectivity index (χ4n) is 1.50. The SMILES string of the molecule is O=C(NCCc1ncc[nH]1)c1cc(Br)ccc1I. The summed E-state index contributed by atoms with van der Waals surface area (Å²) in [7, 11) is 0. The monoisotopic (exact) mass is 419 g/mol. The quantitative estimate of drug-likeness (QED) is 0.748. The van der Waals surface area contributed by atoms with Gasteiger partial charge in [0.15, 0.2) is 0 Å². The molecular formula is C12H11BrIN3O. The second kappa shape index (κ2) is 6.33. The molecule has 2 aromatic rings. The van der Waals surface area contributed by atoms with E-state index in [4.69, 9.17) is 0 Å². The van der Waals surface area contributed by atoms with Crippen LogP contribution in [0.4, 0.5) is 0 Å². The summed E-state index contributed by atoms with van der Waals surface area (Å²) in [5.74, 6) is 0.812. The zero-order valence-electron chi connectivity index (χ0n) is 9.41. The molecule has 94 valence electrons. The van der Waals surface area contributed by atoms with Gasteiger partial charge in [0.2, 0.25) is 0 Å². The Morgan fingerprint density at radius 1 is 1.50 bits per heavy atom. The lowest BCUT2D eigenvalue weighted by molar-refractivity contribution is 0.0953. The number of carbonyl (C=O) groups is 1. The van der Waals surface area contributed by atoms with Gasteiger partial charge in [-0.05, 0) is 40.8 Å². The molecule has 6 heteroatoms. The number of aromatic nitrogens is 2. The number of benzene rings is 1. The van der Waals surface area contributed by atoms with E-state index in [2.05, 4.69) is 53.8 Å².